The first kappa shape index (κ1) is 20.7. The normalized spacial score (nSPS) is 10.7. The molecule has 0 atom stereocenters. The topological polar surface area (TPSA) is 118 Å². The van der Waals surface area contributed by atoms with Gasteiger partial charge in [-0.05, 0) is 42.0 Å². The predicted octanol–water partition coefficient (Wildman–Crippen LogP) is 5.09. The molecule has 8 nitrogen and oxygen atoms in total. The van der Waals surface area contributed by atoms with Crippen LogP contribution in [0.5, 0.6) is 11.6 Å². The molecule has 0 saturated carbocycles. The molecule has 0 bridgehead atoms. The minimum atomic E-state index is -0.544. The second-order valence-corrected chi connectivity index (χ2v) is 6.83. The highest BCUT2D eigenvalue weighted by Crippen LogP contribution is 2.22. The monoisotopic (exact) mass is 464 g/mol. The maximum absolute atomic E-state index is 12.3. The Labute approximate surface area is 179 Å². The van der Waals surface area contributed by atoms with E-state index in [-0.39, 0.29) is 17.1 Å². The molecule has 0 aliphatic carbocycles. The maximum atomic E-state index is 12.3. The highest BCUT2D eigenvalue weighted by Gasteiger charge is 2.10. The van der Waals surface area contributed by atoms with Gasteiger partial charge in [0.1, 0.15) is 23.6 Å². The van der Waals surface area contributed by atoms with E-state index in [1.165, 1.54) is 18.2 Å². The minimum absolute atomic E-state index is 0.0549. The first-order valence-corrected chi connectivity index (χ1v) is 9.31. The van der Waals surface area contributed by atoms with Crippen LogP contribution in [0.1, 0.15) is 5.56 Å². The van der Waals surface area contributed by atoms with E-state index < -0.39 is 10.8 Å². The molecule has 3 aromatic rings. The predicted molar refractivity (Wildman–Crippen MR) is 114 cm³/mol. The molecule has 0 fully saturated rings. The highest BCUT2D eigenvalue weighted by molar-refractivity contribution is 9.10. The number of ether oxygens (including phenoxy) is 1. The van der Waals surface area contributed by atoms with Gasteiger partial charge in [-0.3, -0.25) is 14.9 Å². The Morgan fingerprint density at radius 2 is 1.97 bits per heavy atom. The molecule has 0 aliphatic rings. The zero-order valence-corrected chi connectivity index (χ0v) is 16.9. The van der Waals surface area contributed by atoms with Crippen LogP contribution in [0, 0.1) is 21.4 Å². The highest BCUT2D eigenvalue weighted by atomic mass is 79.9. The number of carbonyl (C=O) groups is 1. The molecule has 0 aliphatic heterocycles. The van der Waals surface area contributed by atoms with Gasteiger partial charge in [-0.2, -0.15) is 5.26 Å². The van der Waals surface area contributed by atoms with Crippen LogP contribution in [0.25, 0.3) is 6.08 Å². The summed E-state index contributed by atoms with van der Waals surface area (Å²) in [5.41, 5.74) is 1.00. The lowest BCUT2D eigenvalue weighted by molar-refractivity contribution is -0.385. The van der Waals surface area contributed by atoms with Gasteiger partial charge in [0.05, 0.1) is 4.92 Å². The summed E-state index contributed by atoms with van der Waals surface area (Å²) in [6.07, 6.45) is 2.57. The standard InChI is InChI=1S/C21H13BrN4O4/c22-16-2-1-3-17(11-16)25-21(27)15(12-23)10-14-4-7-19(8-5-14)30-20-9-6-18(13-24-20)26(28)29/h1-11,13H,(H,25,27)/b15-10-. The summed E-state index contributed by atoms with van der Waals surface area (Å²) in [5, 5.41) is 22.7. The smallest absolute Gasteiger partial charge is 0.287 e. The van der Waals surface area contributed by atoms with Gasteiger partial charge in [0.2, 0.25) is 5.88 Å². The Morgan fingerprint density at radius 1 is 1.20 bits per heavy atom. The van der Waals surface area contributed by atoms with Gasteiger partial charge in [0.15, 0.2) is 0 Å². The summed E-state index contributed by atoms with van der Waals surface area (Å²) in [4.78, 5) is 26.3. The third kappa shape index (κ3) is 5.50. The SMILES string of the molecule is N#C/C(=C/c1ccc(Oc2ccc([N+](=O)[O-])cn2)cc1)C(=O)Nc1cccc(Br)c1. The van der Waals surface area contributed by atoms with Gasteiger partial charge in [0, 0.05) is 22.3 Å². The fourth-order valence-electron chi connectivity index (χ4n) is 2.37. The van der Waals surface area contributed by atoms with E-state index in [4.69, 9.17) is 4.74 Å². The van der Waals surface area contributed by atoms with Crippen molar-refractivity contribution in [2.24, 2.45) is 0 Å². The first-order chi connectivity index (χ1) is 14.4. The maximum Gasteiger partial charge on any atom is 0.287 e. The minimum Gasteiger partial charge on any atom is -0.439 e. The molecule has 148 valence electrons. The third-order valence-electron chi connectivity index (χ3n) is 3.79. The second kappa shape index (κ2) is 9.45. The number of carbonyl (C=O) groups excluding carboxylic acids is 1. The average molecular weight is 465 g/mol. The number of hydrogen-bond donors (Lipinski definition) is 1. The third-order valence-corrected chi connectivity index (χ3v) is 4.29. The number of benzene rings is 2. The molecular formula is C21H13BrN4O4. The van der Waals surface area contributed by atoms with Crippen LogP contribution in [0.3, 0.4) is 0 Å². The summed E-state index contributed by atoms with van der Waals surface area (Å²) in [6, 6.07) is 18.2. The van der Waals surface area contributed by atoms with E-state index in [0.29, 0.717) is 17.0 Å². The zero-order chi connectivity index (χ0) is 21.5. The van der Waals surface area contributed by atoms with E-state index in [1.807, 2.05) is 12.1 Å². The summed E-state index contributed by atoms with van der Waals surface area (Å²) in [6.45, 7) is 0. The van der Waals surface area contributed by atoms with Crippen molar-refractivity contribution >= 4 is 39.3 Å². The number of aromatic nitrogens is 1. The van der Waals surface area contributed by atoms with Crippen molar-refractivity contribution in [3.8, 4) is 17.7 Å². The van der Waals surface area contributed by atoms with Gasteiger partial charge in [0.25, 0.3) is 11.6 Å². The van der Waals surface area contributed by atoms with Crippen molar-refractivity contribution < 1.29 is 14.5 Å². The van der Waals surface area contributed by atoms with Gasteiger partial charge in [-0.1, -0.05) is 34.1 Å². The van der Waals surface area contributed by atoms with Gasteiger partial charge in [-0.25, -0.2) is 4.98 Å². The van der Waals surface area contributed by atoms with E-state index in [9.17, 15) is 20.2 Å². The Morgan fingerprint density at radius 3 is 2.57 bits per heavy atom. The van der Waals surface area contributed by atoms with Crippen LogP contribution in [0.2, 0.25) is 0 Å². The van der Waals surface area contributed by atoms with Crippen LogP contribution in [-0.2, 0) is 4.79 Å². The molecule has 30 heavy (non-hydrogen) atoms. The number of halogens is 1. The zero-order valence-electron chi connectivity index (χ0n) is 15.3. The van der Waals surface area contributed by atoms with Crippen molar-refractivity contribution in [3.05, 3.63) is 92.6 Å². The average Bonchev–Trinajstić information content (AvgIpc) is 2.73. The molecule has 0 saturated heterocycles. The summed E-state index contributed by atoms with van der Waals surface area (Å²) in [5.74, 6) is 0.131. The number of hydrogen-bond acceptors (Lipinski definition) is 6. The van der Waals surface area contributed by atoms with Gasteiger partial charge in [-0.15, -0.1) is 0 Å². The summed E-state index contributed by atoms with van der Waals surface area (Å²) < 4.78 is 6.34. The molecule has 1 heterocycles. The quantitative estimate of drug-likeness (QED) is 0.235. The van der Waals surface area contributed by atoms with E-state index in [1.54, 1.807) is 42.5 Å². The van der Waals surface area contributed by atoms with E-state index in [2.05, 4.69) is 26.2 Å². The molecule has 0 radical (unpaired) electrons. The lowest BCUT2D eigenvalue weighted by Gasteiger charge is -2.06. The fourth-order valence-corrected chi connectivity index (χ4v) is 2.77. The molecule has 2 aromatic carbocycles. The molecule has 0 spiro atoms. The number of rotatable bonds is 6. The number of amides is 1. The Kier molecular flexibility index (Phi) is 6.52. The Hall–Kier alpha value is -4.03. The lowest BCUT2D eigenvalue weighted by atomic mass is 10.1. The Balaban J connectivity index is 1.69. The Bertz CT molecular complexity index is 1150. The fraction of sp³-hybridized carbons (Fsp3) is 0. The number of nitro groups is 1. The van der Waals surface area contributed by atoms with Crippen molar-refractivity contribution in [2.75, 3.05) is 5.32 Å². The van der Waals surface area contributed by atoms with Gasteiger partial charge >= 0.3 is 0 Å². The molecule has 1 N–H and O–H groups in total. The molecule has 1 aromatic heterocycles. The summed E-state index contributed by atoms with van der Waals surface area (Å²) >= 11 is 3.32. The van der Waals surface area contributed by atoms with Crippen LogP contribution in [-0.4, -0.2) is 15.8 Å². The largest absolute Gasteiger partial charge is 0.439 e. The number of nitrogens with zero attached hydrogens (tertiary/aromatic N) is 3. The van der Waals surface area contributed by atoms with Gasteiger partial charge < -0.3 is 10.1 Å². The molecule has 3 rings (SSSR count). The number of pyridine rings is 1. The second-order valence-electron chi connectivity index (χ2n) is 5.92. The van der Waals surface area contributed by atoms with E-state index in [0.717, 1.165) is 10.7 Å². The molecule has 0 unspecified atom stereocenters. The van der Waals surface area contributed by atoms with Crippen LogP contribution >= 0.6 is 15.9 Å². The van der Waals surface area contributed by atoms with Crippen LogP contribution in [0.4, 0.5) is 11.4 Å². The van der Waals surface area contributed by atoms with Crippen LogP contribution in [0.15, 0.2) is 76.9 Å². The number of anilines is 1. The number of nitrogens with one attached hydrogen (secondary N) is 1. The van der Waals surface area contributed by atoms with Crippen molar-refractivity contribution in [2.45, 2.75) is 0 Å². The number of nitriles is 1. The summed E-state index contributed by atoms with van der Waals surface area (Å²) in [7, 11) is 0. The molecule has 1 amide bonds. The van der Waals surface area contributed by atoms with E-state index >= 15 is 0 Å². The van der Waals surface area contributed by atoms with Crippen molar-refractivity contribution in [1.82, 2.24) is 4.98 Å². The van der Waals surface area contributed by atoms with Crippen molar-refractivity contribution in [3.63, 3.8) is 0 Å². The molecular weight excluding hydrogens is 452 g/mol. The lowest BCUT2D eigenvalue weighted by Crippen LogP contribution is -2.13. The van der Waals surface area contributed by atoms with Crippen LogP contribution < -0.4 is 10.1 Å². The van der Waals surface area contributed by atoms with Crippen molar-refractivity contribution in [1.29, 1.82) is 5.26 Å². The first-order valence-electron chi connectivity index (χ1n) is 8.51. The molecule has 9 heteroatoms.